The summed E-state index contributed by atoms with van der Waals surface area (Å²) in [7, 11) is 0. The summed E-state index contributed by atoms with van der Waals surface area (Å²) >= 11 is 7.73. The van der Waals surface area contributed by atoms with Gasteiger partial charge in [0.1, 0.15) is 0 Å². The molecule has 2 aromatic carbocycles. The van der Waals surface area contributed by atoms with Crippen LogP contribution >= 0.6 is 22.9 Å². The van der Waals surface area contributed by atoms with Gasteiger partial charge in [0.15, 0.2) is 10.8 Å². The van der Waals surface area contributed by atoms with E-state index in [1.54, 1.807) is 4.52 Å². The summed E-state index contributed by atoms with van der Waals surface area (Å²) < 4.78 is 1.71. The van der Waals surface area contributed by atoms with Crippen LogP contribution in [-0.4, -0.2) is 30.0 Å². The molecule has 26 heavy (non-hydrogen) atoms. The predicted molar refractivity (Wildman–Crippen MR) is 102 cm³/mol. The Morgan fingerprint density at radius 1 is 0.962 bits per heavy atom. The van der Waals surface area contributed by atoms with Gasteiger partial charge in [-0.3, -0.25) is 5.10 Å². The van der Waals surface area contributed by atoms with E-state index in [0.717, 1.165) is 27.5 Å². The van der Waals surface area contributed by atoms with E-state index in [-0.39, 0.29) is 0 Å². The number of hydrogen-bond donors (Lipinski definition) is 1. The lowest BCUT2D eigenvalue weighted by atomic mass is 10.1. The van der Waals surface area contributed by atoms with Gasteiger partial charge in [-0.2, -0.15) is 14.7 Å². The normalized spacial score (nSPS) is 11.3. The highest BCUT2D eigenvalue weighted by molar-refractivity contribution is 7.19. The molecule has 0 unspecified atom stereocenters. The zero-order valence-electron chi connectivity index (χ0n) is 13.3. The van der Waals surface area contributed by atoms with Gasteiger partial charge < -0.3 is 0 Å². The molecule has 5 rings (SSSR count). The van der Waals surface area contributed by atoms with Crippen LogP contribution in [0.25, 0.3) is 38.3 Å². The molecule has 8 heteroatoms. The highest BCUT2D eigenvalue weighted by Crippen LogP contribution is 2.31. The largest absolute Gasteiger partial charge is 0.275 e. The Labute approximate surface area is 157 Å². The van der Waals surface area contributed by atoms with Crippen LogP contribution in [0.2, 0.25) is 5.02 Å². The zero-order valence-corrected chi connectivity index (χ0v) is 14.9. The van der Waals surface area contributed by atoms with Crippen LogP contribution in [0.15, 0.2) is 60.7 Å². The SMILES string of the molecule is Clc1ccccc1-c1nnc2sc(-c3cc(-c4ccccc4)n[nH]3)nn12. The van der Waals surface area contributed by atoms with Crippen molar-refractivity contribution in [3.05, 3.63) is 65.7 Å². The molecule has 0 bridgehead atoms. The van der Waals surface area contributed by atoms with Gasteiger partial charge in [-0.15, -0.1) is 10.2 Å². The van der Waals surface area contributed by atoms with E-state index < -0.39 is 0 Å². The molecule has 0 spiro atoms. The Hall–Kier alpha value is -3.03. The molecule has 0 amide bonds. The number of fused-ring (bicyclic) bond motifs is 1. The highest BCUT2D eigenvalue weighted by Gasteiger charge is 2.17. The van der Waals surface area contributed by atoms with Crippen LogP contribution < -0.4 is 0 Å². The molecule has 0 fully saturated rings. The minimum atomic E-state index is 0.615. The smallest absolute Gasteiger partial charge is 0.235 e. The lowest BCUT2D eigenvalue weighted by Gasteiger charge is -1.99. The van der Waals surface area contributed by atoms with Crippen LogP contribution in [-0.2, 0) is 0 Å². The molecule has 0 saturated carbocycles. The topological polar surface area (TPSA) is 71.8 Å². The maximum Gasteiger partial charge on any atom is 0.235 e. The monoisotopic (exact) mass is 378 g/mol. The van der Waals surface area contributed by atoms with Crippen molar-refractivity contribution in [1.82, 2.24) is 30.0 Å². The minimum absolute atomic E-state index is 0.615. The Morgan fingerprint density at radius 3 is 2.62 bits per heavy atom. The van der Waals surface area contributed by atoms with Crippen LogP contribution in [0, 0.1) is 0 Å². The standard InChI is InChI=1S/C18H11ClN6S/c19-13-9-5-4-8-12(13)16-22-23-18-25(16)24-17(26-18)15-10-14(20-21-15)11-6-2-1-3-7-11/h1-10H,(H,20,21). The van der Waals surface area contributed by atoms with Crippen LogP contribution in [0.5, 0.6) is 0 Å². The highest BCUT2D eigenvalue weighted by atomic mass is 35.5. The summed E-state index contributed by atoms with van der Waals surface area (Å²) in [4.78, 5) is 0.700. The number of rotatable bonds is 3. The number of aromatic nitrogens is 6. The van der Waals surface area contributed by atoms with Gasteiger partial charge in [0, 0.05) is 11.1 Å². The number of hydrogen-bond acceptors (Lipinski definition) is 5. The summed E-state index contributed by atoms with van der Waals surface area (Å²) in [6.45, 7) is 0. The van der Waals surface area contributed by atoms with Crippen molar-refractivity contribution in [2.24, 2.45) is 0 Å². The zero-order chi connectivity index (χ0) is 17.5. The van der Waals surface area contributed by atoms with E-state index in [0.29, 0.717) is 15.8 Å². The Balaban J connectivity index is 1.58. The quantitative estimate of drug-likeness (QED) is 0.499. The third-order valence-corrected chi connectivity index (χ3v) is 5.25. The van der Waals surface area contributed by atoms with Crippen LogP contribution in [0.3, 0.4) is 0 Å². The molecule has 3 heterocycles. The van der Waals surface area contributed by atoms with Gasteiger partial charge in [0.2, 0.25) is 4.96 Å². The fourth-order valence-electron chi connectivity index (χ4n) is 2.72. The molecule has 0 aliphatic heterocycles. The molecular formula is C18H11ClN6S. The van der Waals surface area contributed by atoms with E-state index in [9.17, 15) is 0 Å². The summed E-state index contributed by atoms with van der Waals surface area (Å²) in [6, 6.07) is 19.5. The van der Waals surface area contributed by atoms with Gasteiger partial charge in [0.25, 0.3) is 0 Å². The molecule has 0 aliphatic carbocycles. The number of nitrogens with one attached hydrogen (secondary N) is 1. The Bertz CT molecular complexity index is 1210. The van der Waals surface area contributed by atoms with E-state index in [1.165, 1.54) is 11.3 Å². The number of benzene rings is 2. The molecule has 0 radical (unpaired) electrons. The van der Waals surface area contributed by atoms with Crippen molar-refractivity contribution in [2.45, 2.75) is 0 Å². The Morgan fingerprint density at radius 2 is 1.77 bits per heavy atom. The number of aromatic amines is 1. The van der Waals surface area contributed by atoms with E-state index in [2.05, 4.69) is 25.5 Å². The number of H-pyrrole nitrogens is 1. The molecule has 1 N–H and O–H groups in total. The lowest BCUT2D eigenvalue weighted by Crippen LogP contribution is -1.91. The molecular weight excluding hydrogens is 368 g/mol. The molecule has 6 nitrogen and oxygen atoms in total. The maximum atomic E-state index is 6.29. The van der Waals surface area contributed by atoms with Gasteiger partial charge in [0.05, 0.1) is 16.4 Å². The number of halogens is 1. The first kappa shape index (κ1) is 15.2. The van der Waals surface area contributed by atoms with Gasteiger partial charge in [-0.25, -0.2) is 0 Å². The molecule has 0 aliphatic rings. The second-order valence-electron chi connectivity index (χ2n) is 5.64. The third kappa shape index (κ3) is 2.49. The second-order valence-corrected chi connectivity index (χ2v) is 7.00. The van der Waals surface area contributed by atoms with E-state index in [1.807, 2.05) is 60.7 Å². The number of nitrogens with zero attached hydrogens (tertiary/aromatic N) is 5. The van der Waals surface area contributed by atoms with Gasteiger partial charge in [-0.1, -0.05) is 65.4 Å². The molecule has 0 atom stereocenters. The first-order chi connectivity index (χ1) is 12.8. The second kappa shape index (κ2) is 6.05. The molecule has 0 saturated heterocycles. The molecule has 3 aromatic heterocycles. The Kier molecular flexibility index (Phi) is 3.55. The van der Waals surface area contributed by atoms with Crippen molar-refractivity contribution in [3.8, 4) is 33.3 Å². The summed E-state index contributed by atoms with van der Waals surface area (Å²) in [6.07, 6.45) is 0. The lowest BCUT2D eigenvalue weighted by molar-refractivity contribution is 0.964. The first-order valence-electron chi connectivity index (χ1n) is 7.88. The summed E-state index contributed by atoms with van der Waals surface area (Å²) in [5.41, 5.74) is 3.56. The van der Waals surface area contributed by atoms with E-state index >= 15 is 0 Å². The van der Waals surface area contributed by atoms with Crippen LogP contribution in [0.4, 0.5) is 0 Å². The minimum Gasteiger partial charge on any atom is -0.275 e. The fraction of sp³-hybridized carbons (Fsp3) is 0. The third-order valence-electron chi connectivity index (χ3n) is 3.98. The van der Waals surface area contributed by atoms with Crippen LogP contribution in [0.1, 0.15) is 0 Å². The van der Waals surface area contributed by atoms with Crippen molar-refractivity contribution >= 4 is 27.9 Å². The van der Waals surface area contributed by atoms with Crippen molar-refractivity contribution < 1.29 is 0 Å². The fourth-order valence-corrected chi connectivity index (χ4v) is 3.75. The van der Waals surface area contributed by atoms with Crippen molar-refractivity contribution in [1.29, 1.82) is 0 Å². The summed E-state index contributed by atoms with van der Waals surface area (Å²) in [5, 5.41) is 21.9. The molecule has 5 aromatic rings. The van der Waals surface area contributed by atoms with E-state index in [4.69, 9.17) is 11.6 Å². The van der Waals surface area contributed by atoms with Crippen molar-refractivity contribution in [2.75, 3.05) is 0 Å². The van der Waals surface area contributed by atoms with Crippen molar-refractivity contribution in [3.63, 3.8) is 0 Å². The summed E-state index contributed by atoms with van der Waals surface area (Å²) in [5.74, 6) is 0.621. The first-order valence-corrected chi connectivity index (χ1v) is 9.07. The maximum absolute atomic E-state index is 6.29. The molecule has 126 valence electrons. The van der Waals surface area contributed by atoms with Gasteiger partial charge >= 0.3 is 0 Å². The average Bonchev–Trinajstić information content (AvgIpc) is 3.38. The van der Waals surface area contributed by atoms with Gasteiger partial charge in [-0.05, 0) is 18.2 Å². The predicted octanol–water partition coefficient (Wildman–Crippen LogP) is 4.56. The average molecular weight is 379 g/mol.